The summed E-state index contributed by atoms with van der Waals surface area (Å²) in [4.78, 5) is 2.12. The minimum atomic E-state index is -3.40. The quantitative estimate of drug-likeness (QED) is 0.812. The maximum Gasteiger partial charge on any atom is 0.244 e. The molecule has 1 aliphatic carbocycles. The van der Waals surface area contributed by atoms with Gasteiger partial charge in [-0.1, -0.05) is 6.08 Å². The summed E-state index contributed by atoms with van der Waals surface area (Å²) in [6.07, 6.45) is 3.53. The minimum Gasteiger partial charge on any atom is -0.326 e. The van der Waals surface area contributed by atoms with Crippen LogP contribution in [-0.2, 0) is 16.6 Å². The zero-order chi connectivity index (χ0) is 13.3. The molecule has 0 aliphatic heterocycles. The van der Waals surface area contributed by atoms with E-state index in [1.807, 2.05) is 6.92 Å². The number of aryl methyl sites for hydroxylation is 1. The van der Waals surface area contributed by atoms with E-state index in [0.29, 0.717) is 18.0 Å². The van der Waals surface area contributed by atoms with Crippen LogP contribution in [-0.4, -0.2) is 25.3 Å². The smallest absolute Gasteiger partial charge is 0.244 e. The monoisotopic (exact) mass is 286 g/mol. The maximum atomic E-state index is 12.6. The zero-order valence-electron chi connectivity index (χ0n) is 10.4. The first-order chi connectivity index (χ1) is 8.50. The Hall–Kier alpha value is -0.690. The lowest BCUT2D eigenvalue weighted by Crippen LogP contribution is -2.33. The van der Waals surface area contributed by atoms with Crippen LogP contribution in [0.5, 0.6) is 0 Å². The third-order valence-corrected chi connectivity index (χ3v) is 6.22. The number of nitrogens with two attached hydrogens (primary N) is 1. The Morgan fingerprint density at radius 2 is 2.28 bits per heavy atom. The van der Waals surface area contributed by atoms with Gasteiger partial charge in [-0.25, -0.2) is 8.42 Å². The molecule has 0 amide bonds. The van der Waals surface area contributed by atoms with Crippen LogP contribution in [0, 0.1) is 6.92 Å². The number of thiophene rings is 1. The van der Waals surface area contributed by atoms with Crippen molar-refractivity contribution in [1.29, 1.82) is 0 Å². The van der Waals surface area contributed by atoms with E-state index in [0.717, 1.165) is 22.6 Å². The third-order valence-electron chi connectivity index (χ3n) is 2.97. The summed E-state index contributed by atoms with van der Waals surface area (Å²) < 4.78 is 26.7. The molecule has 0 radical (unpaired) electrons. The number of hydrogen-bond acceptors (Lipinski definition) is 4. The zero-order valence-corrected chi connectivity index (χ0v) is 12.1. The standard InChI is InChI=1S/C12H18N2O2S2/c1-3-6-14(10-4-5-10)18(15,16)12-7-11(8-13)17-9(12)2/h3,7,10H,1,4-6,8,13H2,2H3. The van der Waals surface area contributed by atoms with Gasteiger partial charge < -0.3 is 5.73 Å². The molecule has 0 bridgehead atoms. The molecular formula is C12H18N2O2S2. The van der Waals surface area contributed by atoms with Crippen molar-refractivity contribution < 1.29 is 8.42 Å². The second-order valence-electron chi connectivity index (χ2n) is 4.43. The van der Waals surface area contributed by atoms with Gasteiger partial charge in [0.25, 0.3) is 0 Å². The third kappa shape index (κ3) is 2.51. The summed E-state index contributed by atoms with van der Waals surface area (Å²) in [7, 11) is -3.40. The number of rotatable bonds is 6. The summed E-state index contributed by atoms with van der Waals surface area (Å²) in [6, 6.07) is 1.85. The number of nitrogens with zero attached hydrogens (tertiary/aromatic N) is 1. The van der Waals surface area contributed by atoms with Crippen molar-refractivity contribution >= 4 is 21.4 Å². The molecule has 4 nitrogen and oxygen atoms in total. The van der Waals surface area contributed by atoms with Gasteiger partial charge in [-0.15, -0.1) is 17.9 Å². The Bertz CT molecular complexity index is 544. The Kier molecular flexibility index (Phi) is 3.91. The number of hydrogen-bond donors (Lipinski definition) is 1. The molecule has 1 aromatic heterocycles. The molecule has 0 atom stereocenters. The SMILES string of the molecule is C=CCN(C1CC1)S(=O)(=O)c1cc(CN)sc1C. The summed E-state index contributed by atoms with van der Waals surface area (Å²) in [5, 5.41) is 0. The minimum absolute atomic E-state index is 0.147. The van der Waals surface area contributed by atoms with Gasteiger partial charge >= 0.3 is 0 Å². The Balaban J connectivity index is 2.38. The molecule has 0 spiro atoms. The lowest BCUT2D eigenvalue weighted by molar-refractivity contribution is 0.436. The second kappa shape index (κ2) is 5.13. The highest BCUT2D eigenvalue weighted by Crippen LogP contribution is 2.35. The van der Waals surface area contributed by atoms with Crippen LogP contribution in [0.15, 0.2) is 23.6 Å². The first kappa shape index (κ1) is 13.7. The average Bonchev–Trinajstić information content (AvgIpc) is 3.08. The van der Waals surface area contributed by atoms with Gasteiger partial charge in [-0.05, 0) is 25.8 Å². The lowest BCUT2D eigenvalue weighted by Gasteiger charge is -2.19. The van der Waals surface area contributed by atoms with E-state index in [1.54, 1.807) is 16.4 Å². The molecule has 2 rings (SSSR count). The normalized spacial score (nSPS) is 16.2. The largest absolute Gasteiger partial charge is 0.326 e. The van der Waals surface area contributed by atoms with Crippen LogP contribution in [0.3, 0.4) is 0 Å². The second-order valence-corrected chi connectivity index (χ2v) is 7.63. The van der Waals surface area contributed by atoms with Crippen molar-refractivity contribution in [3.63, 3.8) is 0 Å². The molecular weight excluding hydrogens is 268 g/mol. The molecule has 1 fully saturated rings. The van der Waals surface area contributed by atoms with Crippen LogP contribution in [0.2, 0.25) is 0 Å². The van der Waals surface area contributed by atoms with Gasteiger partial charge in [0.15, 0.2) is 0 Å². The summed E-state index contributed by atoms with van der Waals surface area (Å²) in [5.74, 6) is 0. The van der Waals surface area contributed by atoms with Crippen LogP contribution in [0.1, 0.15) is 22.6 Å². The van der Waals surface area contributed by atoms with Crippen LogP contribution in [0.4, 0.5) is 0 Å². The van der Waals surface area contributed by atoms with Crippen molar-refractivity contribution in [2.45, 2.75) is 37.2 Å². The first-order valence-corrected chi connectivity index (χ1v) is 8.18. The lowest BCUT2D eigenvalue weighted by atomic mass is 10.4. The average molecular weight is 286 g/mol. The van der Waals surface area contributed by atoms with E-state index in [4.69, 9.17) is 5.73 Å². The summed E-state index contributed by atoms with van der Waals surface area (Å²) in [6.45, 7) is 6.22. The van der Waals surface area contributed by atoms with Crippen molar-refractivity contribution in [3.05, 3.63) is 28.5 Å². The van der Waals surface area contributed by atoms with Crippen molar-refractivity contribution in [3.8, 4) is 0 Å². The van der Waals surface area contributed by atoms with Gasteiger partial charge in [0.2, 0.25) is 10.0 Å². The fraction of sp³-hybridized carbons (Fsp3) is 0.500. The van der Waals surface area contributed by atoms with E-state index in [-0.39, 0.29) is 6.04 Å². The molecule has 1 heterocycles. The van der Waals surface area contributed by atoms with Gasteiger partial charge in [0.1, 0.15) is 0 Å². The molecule has 0 unspecified atom stereocenters. The molecule has 0 saturated heterocycles. The summed E-state index contributed by atoms with van der Waals surface area (Å²) >= 11 is 1.45. The van der Waals surface area contributed by atoms with Gasteiger partial charge in [0, 0.05) is 28.9 Å². The fourth-order valence-electron chi connectivity index (χ4n) is 1.94. The van der Waals surface area contributed by atoms with Gasteiger partial charge in [-0.3, -0.25) is 0 Å². The van der Waals surface area contributed by atoms with E-state index in [1.165, 1.54) is 11.3 Å². The topological polar surface area (TPSA) is 63.4 Å². The van der Waals surface area contributed by atoms with Crippen molar-refractivity contribution in [1.82, 2.24) is 4.31 Å². The van der Waals surface area contributed by atoms with Crippen molar-refractivity contribution in [2.24, 2.45) is 5.73 Å². The van der Waals surface area contributed by atoms with Crippen LogP contribution in [0.25, 0.3) is 0 Å². The molecule has 100 valence electrons. The fourth-order valence-corrected chi connectivity index (χ4v) is 5.08. The highest BCUT2D eigenvalue weighted by atomic mass is 32.2. The molecule has 1 saturated carbocycles. The van der Waals surface area contributed by atoms with Crippen LogP contribution < -0.4 is 5.73 Å². The van der Waals surface area contributed by atoms with Gasteiger partial charge in [0.05, 0.1) is 4.90 Å². The molecule has 2 N–H and O–H groups in total. The van der Waals surface area contributed by atoms with Crippen LogP contribution >= 0.6 is 11.3 Å². The molecule has 1 aromatic rings. The first-order valence-electron chi connectivity index (χ1n) is 5.92. The highest BCUT2D eigenvalue weighted by Gasteiger charge is 2.38. The predicted molar refractivity (Wildman–Crippen MR) is 74.1 cm³/mol. The van der Waals surface area contributed by atoms with Crippen molar-refractivity contribution in [2.75, 3.05) is 6.54 Å². The van der Waals surface area contributed by atoms with E-state index in [9.17, 15) is 8.42 Å². The Labute approximate surface area is 112 Å². The molecule has 1 aliphatic rings. The Morgan fingerprint density at radius 1 is 1.61 bits per heavy atom. The van der Waals surface area contributed by atoms with E-state index >= 15 is 0 Å². The maximum absolute atomic E-state index is 12.6. The molecule has 0 aromatic carbocycles. The van der Waals surface area contributed by atoms with E-state index < -0.39 is 10.0 Å². The Morgan fingerprint density at radius 3 is 2.72 bits per heavy atom. The van der Waals surface area contributed by atoms with Gasteiger partial charge in [-0.2, -0.15) is 4.31 Å². The van der Waals surface area contributed by atoms with E-state index in [2.05, 4.69) is 6.58 Å². The summed E-state index contributed by atoms with van der Waals surface area (Å²) in [5.41, 5.74) is 5.57. The highest BCUT2D eigenvalue weighted by molar-refractivity contribution is 7.89. The predicted octanol–water partition coefficient (Wildman–Crippen LogP) is 1.85. The molecule has 6 heteroatoms. The molecule has 18 heavy (non-hydrogen) atoms. The number of sulfonamides is 1.